The summed E-state index contributed by atoms with van der Waals surface area (Å²) in [4.78, 5) is 14.1. The minimum absolute atomic E-state index is 0.129. The lowest BCUT2D eigenvalue weighted by Gasteiger charge is -2.32. The first-order valence-electron chi connectivity index (χ1n) is 7.84. The first kappa shape index (κ1) is 17.2. The van der Waals surface area contributed by atoms with Crippen LogP contribution >= 0.6 is 0 Å². The van der Waals surface area contributed by atoms with Crippen molar-refractivity contribution < 1.29 is 22.4 Å². The Balaban J connectivity index is 1.69. The van der Waals surface area contributed by atoms with Gasteiger partial charge in [0.1, 0.15) is 6.04 Å². The van der Waals surface area contributed by atoms with Crippen molar-refractivity contribution in [2.45, 2.75) is 38.5 Å². The van der Waals surface area contributed by atoms with E-state index in [-0.39, 0.29) is 18.5 Å². The Bertz CT molecular complexity index is 760. The highest BCUT2D eigenvalue weighted by Crippen LogP contribution is 2.30. The Kier molecular flexibility index (Phi) is 4.65. The van der Waals surface area contributed by atoms with Gasteiger partial charge in [-0.1, -0.05) is 17.2 Å². The van der Waals surface area contributed by atoms with Crippen molar-refractivity contribution >= 4 is 11.9 Å². The highest BCUT2D eigenvalue weighted by Gasteiger charge is 2.32. The van der Waals surface area contributed by atoms with Crippen LogP contribution in [0.15, 0.2) is 28.7 Å². The lowest BCUT2D eigenvalue weighted by Crippen LogP contribution is -2.47. The molecule has 1 unspecified atom stereocenters. The first-order chi connectivity index (χ1) is 11.8. The van der Waals surface area contributed by atoms with Gasteiger partial charge in [0.25, 0.3) is 0 Å². The van der Waals surface area contributed by atoms with E-state index in [1.165, 1.54) is 6.07 Å². The van der Waals surface area contributed by atoms with Gasteiger partial charge in [-0.25, -0.2) is 0 Å². The summed E-state index contributed by atoms with van der Waals surface area (Å²) in [6.07, 6.45) is -3.07. The fourth-order valence-electron chi connectivity index (χ4n) is 2.80. The number of hydrogen-bond donors (Lipinski definition) is 1. The van der Waals surface area contributed by atoms with Gasteiger partial charge in [0.05, 0.1) is 5.56 Å². The minimum atomic E-state index is -4.40. The normalized spacial score (nSPS) is 18.5. The van der Waals surface area contributed by atoms with Gasteiger partial charge in [0.2, 0.25) is 11.8 Å². The standard InChI is InChI=1S/C16H17F3N4O2/c1-10-21-22-15(25-10)20-13-6-3-7-23(14(13)24)9-11-4-2-5-12(8-11)16(17,18)19/h2,4-5,8,13H,3,6-7,9H2,1H3,(H,20,22). The van der Waals surface area contributed by atoms with E-state index in [4.69, 9.17) is 4.42 Å². The fraction of sp³-hybridized carbons (Fsp3) is 0.438. The number of piperidine rings is 1. The number of anilines is 1. The number of nitrogens with zero attached hydrogens (tertiary/aromatic N) is 3. The summed E-state index contributed by atoms with van der Waals surface area (Å²) in [5.41, 5.74) is -0.275. The number of halogens is 3. The van der Waals surface area contributed by atoms with E-state index >= 15 is 0 Å². The molecule has 6 nitrogen and oxygen atoms in total. The van der Waals surface area contributed by atoms with Crippen molar-refractivity contribution in [1.82, 2.24) is 15.1 Å². The van der Waals surface area contributed by atoms with Gasteiger partial charge in [-0.2, -0.15) is 13.2 Å². The van der Waals surface area contributed by atoms with Crippen molar-refractivity contribution in [2.24, 2.45) is 0 Å². The second kappa shape index (κ2) is 6.73. The SMILES string of the molecule is Cc1nnc(NC2CCCN(Cc3cccc(C(F)(F)F)c3)C2=O)o1. The zero-order valence-electron chi connectivity index (χ0n) is 13.5. The Morgan fingerprint density at radius 2 is 2.16 bits per heavy atom. The molecule has 1 fully saturated rings. The van der Waals surface area contributed by atoms with E-state index in [1.807, 2.05) is 0 Å². The second-order valence-corrected chi connectivity index (χ2v) is 5.92. The van der Waals surface area contributed by atoms with Crippen LogP contribution in [0.3, 0.4) is 0 Å². The van der Waals surface area contributed by atoms with E-state index in [0.717, 1.165) is 18.6 Å². The van der Waals surface area contributed by atoms with Gasteiger partial charge in [-0.05, 0) is 30.5 Å². The minimum Gasteiger partial charge on any atom is -0.408 e. The predicted molar refractivity (Wildman–Crippen MR) is 82.5 cm³/mol. The largest absolute Gasteiger partial charge is 0.416 e. The Morgan fingerprint density at radius 3 is 2.84 bits per heavy atom. The highest BCUT2D eigenvalue weighted by molar-refractivity contribution is 5.84. The van der Waals surface area contributed by atoms with E-state index in [2.05, 4.69) is 15.5 Å². The monoisotopic (exact) mass is 354 g/mol. The number of likely N-dealkylation sites (tertiary alicyclic amines) is 1. The van der Waals surface area contributed by atoms with Crippen molar-refractivity contribution in [3.05, 3.63) is 41.3 Å². The number of aryl methyl sites for hydroxylation is 1. The van der Waals surface area contributed by atoms with Gasteiger partial charge in [0, 0.05) is 20.0 Å². The Hall–Kier alpha value is -2.58. The van der Waals surface area contributed by atoms with Crippen LogP contribution in [-0.2, 0) is 17.5 Å². The molecule has 0 saturated carbocycles. The van der Waals surface area contributed by atoms with Crippen LogP contribution < -0.4 is 5.32 Å². The number of nitrogens with one attached hydrogen (secondary N) is 1. The summed E-state index contributed by atoms with van der Waals surface area (Å²) >= 11 is 0. The van der Waals surface area contributed by atoms with Crippen LogP contribution in [0.1, 0.15) is 29.9 Å². The molecule has 0 spiro atoms. The number of aromatic nitrogens is 2. The zero-order valence-corrected chi connectivity index (χ0v) is 13.5. The molecule has 1 aromatic carbocycles. The third kappa shape index (κ3) is 4.09. The lowest BCUT2D eigenvalue weighted by atomic mass is 10.0. The van der Waals surface area contributed by atoms with Crippen LogP contribution in [0.2, 0.25) is 0 Å². The maximum atomic E-state index is 12.8. The van der Waals surface area contributed by atoms with Gasteiger partial charge >= 0.3 is 12.2 Å². The molecule has 1 N–H and O–H groups in total. The third-order valence-corrected chi connectivity index (χ3v) is 3.98. The summed E-state index contributed by atoms with van der Waals surface area (Å²) in [7, 11) is 0. The number of hydrogen-bond acceptors (Lipinski definition) is 5. The maximum Gasteiger partial charge on any atom is 0.416 e. The van der Waals surface area contributed by atoms with E-state index in [1.54, 1.807) is 17.9 Å². The van der Waals surface area contributed by atoms with Crippen LogP contribution in [-0.4, -0.2) is 33.6 Å². The second-order valence-electron chi connectivity index (χ2n) is 5.92. The van der Waals surface area contributed by atoms with Gasteiger partial charge in [-0.15, -0.1) is 5.10 Å². The number of rotatable bonds is 4. The molecule has 0 aliphatic carbocycles. The molecule has 0 bridgehead atoms. The molecule has 0 radical (unpaired) electrons. The number of carbonyl (C=O) groups is 1. The molecule has 2 aromatic rings. The highest BCUT2D eigenvalue weighted by atomic mass is 19.4. The lowest BCUT2D eigenvalue weighted by molar-refractivity contribution is -0.137. The van der Waals surface area contributed by atoms with Crippen molar-refractivity contribution in [3.8, 4) is 0 Å². The van der Waals surface area contributed by atoms with Crippen molar-refractivity contribution in [3.63, 3.8) is 0 Å². The van der Waals surface area contributed by atoms with Crippen molar-refractivity contribution in [2.75, 3.05) is 11.9 Å². The van der Waals surface area contributed by atoms with Crippen molar-refractivity contribution in [1.29, 1.82) is 0 Å². The topological polar surface area (TPSA) is 71.3 Å². The molecule has 9 heteroatoms. The third-order valence-electron chi connectivity index (χ3n) is 3.98. The summed E-state index contributed by atoms with van der Waals surface area (Å²) in [5.74, 6) is 0.186. The maximum absolute atomic E-state index is 12.8. The van der Waals surface area contributed by atoms with E-state index in [9.17, 15) is 18.0 Å². The molecule has 1 aromatic heterocycles. The van der Waals surface area contributed by atoms with E-state index < -0.39 is 17.8 Å². The van der Waals surface area contributed by atoms with Crippen LogP contribution in [0.4, 0.5) is 19.2 Å². The number of carbonyl (C=O) groups excluding carboxylic acids is 1. The summed E-state index contributed by atoms with van der Waals surface area (Å²) < 4.78 is 43.7. The van der Waals surface area contributed by atoms with Gasteiger partial charge < -0.3 is 14.6 Å². The summed E-state index contributed by atoms with van der Waals surface area (Å²) in [6, 6.07) is 4.66. The first-order valence-corrected chi connectivity index (χ1v) is 7.84. The molecule has 134 valence electrons. The molecule has 25 heavy (non-hydrogen) atoms. The molecule has 1 aliphatic heterocycles. The van der Waals surface area contributed by atoms with Crippen LogP contribution in [0.5, 0.6) is 0 Å². The number of alkyl halides is 3. The summed E-state index contributed by atoms with van der Waals surface area (Å²) in [6.45, 7) is 2.26. The van der Waals surface area contributed by atoms with E-state index in [0.29, 0.717) is 24.4 Å². The average molecular weight is 354 g/mol. The smallest absolute Gasteiger partial charge is 0.408 e. The number of benzene rings is 1. The number of amides is 1. The Morgan fingerprint density at radius 1 is 1.36 bits per heavy atom. The van der Waals surface area contributed by atoms with Crippen LogP contribution in [0.25, 0.3) is 0 Å². The molecular weight excluding hydrogens is 337 g/mol. The summed E-state index contributed by atoms with van der Waals surface area (Å²) in [5, 5.41) is 10.4. The quantitative estimate of drug-likeness (QED) is 0.914. The molecule has 1 aliphatic rings. The molecule has 1 atom stereocenters. The average Bonchev–Trinajstić information content (AvgIpc) is 2.96. The molecular formula is C16H17F3N4O2. The molecule has 1 amide bonds. The van der Waals surface area contributed by atoms with Gasteiger partial charge in [0.15, 0.2) is 0 Å². The zero-order chi connectivity index (χ0) is 18.0. The molecule has 2 heterocycles. The molecule has 3 rings (SSSR count). The van der Waals surface area contributed by atoms with Crippen LogP contribution in [0, 0.1) is 6.92 Å². The predicted octanol–water partition coefficient (Wildman–Crippen LogP) is 3.00. The molecule has 1 saturated heterocycles. The Labute approximate surface area is 142 Å². The fourth-order valence-corrected chi connectivity index (χ4v) is 2.80. The van der Waals surface area contributed by atoms with Gasteiger partial charge in [-0.3, -0.25) is 4.79 Å².